The van der Waals surface area contributed by atoms with Crippen LogP contribution in [0.5, 0.6) is 0 Å². The molecule has 4 aromatic rings. The molecule has 6 heteroatoms. The van der Waals surface area contributed by atoms with Crippen molar-refractivity contribution in [3.05, 3.63) is 46.3 Å². The van der Waals surface area contributed by atoms with Crippen LogP contribution in [-0.2, 0) is 6.42 Å². The number of anilines is 2. The summed E-state index contributed by atoms with van der Waals surface area (Å²) in [5, 5.41) is 5.91. The van der Waals surface area contributed by atoms with E-state index in [0.29, 0.717) is 5.95 Å². The number of nitrogens with zero attached hydrogens (tertiary/aromatic N) is 3. The van der Waals surface area contributed by atoms with Gasteiger partial charge in [-0.2, -0.15) is 9.97 Å². The Morgan fingerprint density at radius 2 is 1.75 bits per heavy atom. The second-order valence-corrected chi connectivity index (χ2v) is 7.89. The van der Waals surface area contributed by atoms with Crippen LogP contribution in [0.1, 0.15) is 28.1 Å². The molecule has 0 aliphatic carbocycles. The Bertz CT molecular complexity index is 1170. The lowest BCUT2D eigenvalue weighted by atomic mass is 10.0. The Hall–Kier alpha value is -3.02. The van der Waals surface area contributed by atoms with Gasteiger partial charge in [0.05, 0.1) is 5.39 Å². The predicted octanol–water partition coefficient (Wildman–Crippen LogP) is 4.39. The molecular formula is C22H28N6. The van der Waals surface area contributed by atoms with Crippen LogP contribution in [0.4, 0.5) is 11.8 Å². The van der Waals surface area contributed by atoms with Crippen LogP contribution >= 0.6 is 0 Å². The van der Waals surface area contributed by atoms with Crippen molar-refractivity contribution in [2.24, 2.45) is 0 Å². The van der Waals surface area contributed by atoms with Crippen molar-refractivity contribution in [2.45, 2.75) is 34.1 Å². The maximum atomic E-state index is 4.72. The molecule has 0 saturated heterocycles. The molecule has 0 saturated carbocycles. The molecule has 28 heavy (non-hydrogen) atoms. The van der Waals surface area contributed by atoms with E-state index in [0.717, 1.165) is 35.5 Å². The molecule has 0 unspecified atom stereocenters. The number of aryl methyl sites for hydroxylation is 4. The first kappa shape index (κ1) is 18.3. The minimum Gasteiger partial charge on any atom is -0.369 e. The fourth-order valence-corrected chi connectivity index (χ4v) is 3.93. The van der Waals surface area contributed by atoms with Gasteiger partial charge in [-0.15, -0.1) is 0 Å². The molecule has 6 nitrogen and oxygen atoms in total. The van der Waals surface area contributed by atoms with Gasteiger partial charge >= 0.3 is 0 Å². The standard InChI is InChI=1S/C22H28N6/c1-12-9-13(2)19-17(10-12)16(15(4)25-19)7-8-23-20-18-11-14(3)24-21(18)27-22(26-20)28(5)6/h9-11,25H,7-8H2,1-6H3,(H2,23,24,26,27). The molecule has 3 N–H and O–H groups in total. The number of H-pyrrole nitrogens is 2. The highest BCUT2D eigenvalue weighted by atomic mass is 15.2. The van der Waals surface area contributed by atoms with Crippen LogP contribution in [0.25, 0.3) is 21.9 Å². The number of benzene rings is 1. The highest BCUT2D eigenvalue weighted by Crippen LogP contribution is 2.28. The zero-order chi connectivity index (χ0) is 20.0. The van der Waals surface area contributed by atoms with E-state index in [1.165, 1.54) is 33.3 Å². The van der Waals surface area contributed by atoms with Crippen molar-refractivity contribution in [2.75, 3.05) is 30.9 Å². The summed E-state index contributed by atoms with van der Waals surface area (Å²) < 4.78 is 0. The van der Waals surface area contributed by atoms with Gasteiger partial charge in [0.15, 0.2) is 0 Å². The molecule has 3 heterocycles. The van der Waals surface area contributed by atoms with Gasteiger partial charge in [-0.25, -0.2) is 0 Å². The third-order valence-electron chi connectivity index (χ3n) is 5.25. The first-order chi connectivity index (χ1) is 13.3. The third kappa shape index (κ3) is 3.19. The first-order valence-corrected chi connectivity index (χ1v) is 9.70. The molecule has 1 aromatic carbocycles. The van der Waals surface area contributed by atoms with Gasteiger partial charge in [-0.3, -0.25) is 0 Å². The number of hydrogen-bond donors (Lipinski definition) is 3. The van der Waals surface area contributed by atoms with Crippen LogP contribution in [0, 0.1) is 27.7 Å². The lowest BCUT2D eigenvalue weighted by Crippen LogP contribution is -2.15. The molecule has 146 valence electrons. The van der Waals surface area contributed by atoms with Gasteiger partial charge in [0.1, 0.15) is 11.5 Å². The topological polar surface area (TPSA) is 72.6 Å². The largest absolute Gasteiger partial charge is 0.369 e. The molecule has 0 atom stereocenters. The van der Waals surface area contributed by atoms with Crippen molar-refractivity contribution in [1.82, 2.24) is 19.9 Å². The second-order valence-electron chi connectivity index (χ2n) is 7.89. The quantitative estimate of drug-likeness (QED) is 0.483. The summed E-state index contributed by atoms with van der Waals surface area (Å²) in [5.74, 6) is 1.58. The van der Waals surface area contributed by atoms with Crippen molar-refractivity contribution in [3.8, 4) is 0 Å². The maximum Gasteiger partial charge on any atom is 0.228 e. The Morgan fingerprint density at radius 1 is 0.964 bits per heavy atom. The number of aromatic nitrogens is 4. The van der Waals surface area contributed by atoms with Crippen LogP contribution in [0.15, 0.2) is 18.2 Å². The molecule has 0 aliphatic heterocycles. The van der Waals surface area contributed by atoms with Crippen molar-refractivity contribution in [3.63, 3.8) is 0 Å². The van der Waals surface area contributed by atoms with Gasteiger partial charge in [0.2, 0.25) is 5.95 Å². The highest BCUT2D eigenvalue weighted by Gasteiger charge is 2.13. The number of fused-ring (bicyclic) bond motifs is 2. The van der Waals surface area contributed by atoms with Gasteiger partial charge < -0.3 is 20.2 Å². The second kappa shape index (κ2) is 6.86. The lowest BCUT2D eigenvalue weighted by Gasteiger charge is -2.13. The van der Waals surface area contributed by atoms with E-state index in [-0.39, 0.29) is 0 Å². The summed E-state index contributed by atoms with van der Waals surface area (Å²) in [6.07, 6.45) is 0.931. The van der Waals surface area contributed by atoms with Crippen LogP contribution in [0.2, 0.25) is 0 Å². The van der Waals surface area contributed by atoms with Gasteiger partial charge in [0.25, 0.3) is 0 Å². The predicted molar refractivity (Wildman–Crippen MR) is 118 cm³/mol. The van der Waals surface area contributed by atoms with Crippen LogP contribution < -0.4 is 10.2 Å². The Kier molecular flexibility index (Phi) is 4.49. The smallest absolute Gasteiger partial charge is 0.228 e. The molecule has 0 bridgehead atoms. The SMILES string of the molecule is Cc1cc(C)c2[nH]c(C)c(CCNc3nc(N(C)C)nc4[nH]c(C)cc34)c2c1. The fraction of sp³-hybridized carbons (Fsp3) is 0.364. The highest BCUT2D eigenvalue weighted by molar-refractivity contribution is 5.89. The van der Waals surface area contributed by atoms with E-state index in [1.54, 1.807) is 0 Å². The van der Waals surface area contributed by atoms with Gasteiger partial charge in [0, 0.05) is 42.9 Å². The molecule has 0 spiro atoms. The van der Waals surface area contributed by atoms with E-state index in [1.807, 2.05) is 25.9 Å². The minimum atomic E-state index is 0.700. The number of nitrogens with one attached hydrogen (secondary N) is 3. The summed E-state index contributed by atoms with van der Waals surface area (Å²) in [6.45, 7) is 9.34. The van der Waals surface area contributed by atoms with Crippen LogP contribution in [0.3, 0.4) is 0 Å². The summed E-state index contributed by atoms with van der Waals surface area (Å²) in [4.78, 5) is 18.1. The summed E-state index contributed by atoms with van der Waals surface area (Å²) >= 11 is 0. The monoisotopic (exact) mass is 376 g/mol. The van der Waals surface area contributed by atoms with Crippen molar-refractivity contribution in [1.29, 1.82) is 0 Å². The average Bonchev–Trinajstić information content (AvgIpc) is 3.14. The summed E-state index contributed by atoms with van der Waals surface area (Å²) in [7, 11) is 3.92. The Balaban J connectivity index is 1.63. The fourth-order valence-electron chi connectivity index (χ4n) is 3.93. The van der Waals surface area contributed by atoms with E-state index in [4.69, 9.17) is 4.98 Å². The number of hydrogen-bond acceptors (Lipinski definition) is 4. The molecule has 0 aliphatic rings. The van der Waals surface area contributed by atoms with Gasteiger partial charge in [-0.05, 0) is 57.4 Å². The zero-order valence-corrected chi connectivity index (χ0v) is 17.5. The third-order valence-corrected chi connectivity index (χ3v) is 5.25. The number of rotatable bonds is 5. The molecule has 0 fully saturated rings. The molecule has 4 rings (SSSR count). The van der Waals surface area contributed by atoms with Crippen LogP contribution in [-0.4, -0.2) is 40.6 Å². The van der Waals surface area contributed by atoms with E-state index >= 15 is 0 Å². The Morgan fingerprint density at radius 3 is 2.50 bits per heavy atom. The van der Waals surface area contributed by atoms with Crippen molar-refractivity contribution >= 4 is 33.7 Å². The summed E-state index contributed by atoms with van der Waals surface area (Å²) in [5.41, 5.74) is 8.42. The lowest BCUT2D eigenvalue weighted by molar-refractivity contribution is 0.977. The molecule has 0 radical (unpaired) electrons. The summed E-state index contributed by atoms with van der Waals surface area (Å²) in [6, 6.07) is 6.61. The van der Waals surface area contributed by atoms with Crippen molar-refractivity contribution < 1.29 is 0 Å². The molecule has 0 amide bonds. The molecular weight excluding hydrogens is 348 g/mol. The normalized spacial score (nSPS) is 11.5. The number of aromatic amines is 2. The average molecular weight is 377 g/mol. The Labute approximate surface area is 165 Å². The first-order valence-electron chi connectivity index (χ1n) is 9.70. The van der Waals surface area contributed by atoms with E-state index in [2.05, 4.69) is 59.2 Å². The van der Waals surface area contributed by atoms with E-state index < -0.39 is 0 Å². The van der Waals surface area contributed by atoms with E-state index in [9.17, 15) is 0 Å². The maximum absolute atomic E-state index is 4.72. The van der Waals surface area contributed by atoms with Gasteiger partial charge in [-0.1, -0.05) is 11.6 Å². The molecule has 3 aromatic heterocycles. The minimum absolute atomic E-state index is 0.700. The zero-order valence-electron chi connectivity index (χ0n) is 17.5.